The van der Waals surface area contributed by atoms with Crippen LogP contribution in [0.4, 0.5) is 0 Å². The van der Waals surface area contributed by atoms with Crippen molar-refractivity contribution in [1.82, 2.24) is 15.0 Å². The van der Waals surface area contributed by atoms with Crippen molar-refractivity contribution in [3.63, 3.8) is 0 Å². The zero-order valence-corrected chi connectivity index (χ0v) is 12.9. The number of hydrogen-bond donors (Lipinski definition) is 1. The molecule has 1 heterocycles. The predicted molar refractivity (Wildman–Crippen MR) is 81.6 cm³/mol. The first-order valence-electron chi connectivity index (χ1n) is 7.33. The first-order chi connectivity index (χ1) is 10.1. The largest absolute Gasteiger partial charge is 0.492 e. The Bertz CT molecular complexity index is 579. The van der Waals surface area contributed by atoms with Crippen molar-refractivity contribution >= 4 is 0 Å². The van der Waals surface area contributed by atoms with Gasteiger partial charge in [0.1, 0.15) is 12.4 Å². The molecular formula is C16H23N3O2. The van der Waals surface area contributed by atoms with Gasteiger partial charge in [-0.3, -0.25) is 0 Å². The third-order valence-electron chi connectivity index (χ3n) is 3.41. The van der Waals surface area contributed by atoms with Gasteiger partial charge >= 0.3 is 0 Å². The van der Waals surface area contributed by atoms with E-state index in [1.165, 1.54) is 11.1 Å². The molecule has 0 radical (unpaired) electrons. The summed E-state index contributed by atoms with van der Waals surface area (Å²) in [6.07, 6.45) is 2.38. The lowest BCUT2D eigenvalue weighted by Crippen LogP contribution is -2.09. The highest BCUT2D eigenvalue weighted by Gasteiger charge is 2.05. The van der Waals surface area contributed by atoms with Gasteiger partial charge in [-0.15, -0.1) is 5.10 Å². The lowest BCUT2D eigenvalue weighted by Gasteiger charge is -2.12. The van der Waals surface area contributed by atoms with Crippen LogP contribution in [-0.4, -0.2) is 33.3 Å². The summed E-state index contributed by atoms with van der Waals surface area (Å²) in [7, 11) is 0. The summed E-state index contributed by atoms with van der Waals surface area (Å²) in [5.74, 6) is 1.41. The molecule has 0 aliphatic carbocycles. The van der Waals surface area contributed by atoms with Crippen molar-refractivity contribution in [2.45, 2.75) is 39.7 Å². The maximum absolute atomic E-state index is 8.84. The highest BCUT2D eigenvalue weighted by molar-refractivity contribution is 5.36. The average Bonchev–Trinajstić information content (AvgIpc) is 2.86. The van der Waals surface area contributed by atoms with E-state index in [0.29, 0.717) is 25.5 Å². The van der Waals surface area contributed by atoms with Crippen LogP contribution in [0, 0.1) is 6.92 Å². The molecular weight excluding hydrogens is 266 g/mol. The molecule has 2 rings (SSSR count). The molecule has 114 valence electrons. The van der Waals surface area contributed by atoms with E-state index in [0.717, 1.165) is 11.4 Å². The average molecular weight is 289 g/mol. The molecule has 2 aromatic rings. The maximum Gasteiger partial charge on any atom is 0.119 e. The molecule has 0 unspecified atom stereocenters. The molecule has 0 fully saturated rings. The summed E-state index contributed by atoms with van der Waals surface area (Å²) in [4.78, 5) is 0. The third kappa shape index (κ3) is 4.29. The minimum Gasteiger partial charge on any atom is -0.492 e. The number of hydrogen-bond acceptors (Lipinski definition) is 4. The summed E-state index contributed by atoms with van der Waals surface area (Å²) in [5.41, 5.74) is 3.41. The second kappa shape index (κ2) is 7.22. The number of benzene rings is 1. The normalized spacial score (nSPS) is 11.1. The Kier molecular flexibility index (Phi) is 5.33. The minimum atomic E-state index is 0.0939. The number of ether oxygens (including phenoxy) is 1. The summed E-state index contributed by atoms with van der Waals surface area (Å²) in [6.45, 7) is 7.78. The summed E-state index contributed by atoms with van der Waals surface area (Å²) in [5, 5.41) is 16.8. The molecule has 0 aliphatic rings. The second-order valence-corrected chi connectivity index (χ2v) is 5.47. The van der Waals surface area contributed by atoms with Crippen molar-refractivity contribution in [3.8, 4) is 5.75 Å². The highest BCUT2D eigenvalue weighted by Crippen LogP contribution is 2.23. The quantitative estimate of drug-likeness (QED) is 0.850. The van der Waals surface area contributed by atoms with E-state index in [1.54, 1.807) is 4.68 Å². The van der Waals surface area contributed by atoms with Crippen LogP contribution in [0.1, 0.15) is 36.6 Å². The van der Waals surface area contributed by atoms with Crippen LogP contribution in [0.3, 0.4) is 0 Å². The Balaban J connectivity index is 1.86. The number of rotatable bonds is 7. The van der Waals surface area contributed by atoms with E-state index >= 15 is 0 Å². The Morgan fingerprint density at radius 3 is 2.81 bits per heavy atom. The molecule has 0 amide bonds. The van der Waals surface area contributed by atoms with Crippen molar-refractivity contribution in [2.75, 3.05) is 13.2 Å². The van der Waals surface area contributed by atoms with E-state index in [-0.39, 0.29) is 6.61 Å². The molecule has 0 aliphatic heterocycles. The summed E-state index contributed by atoms with van der Waals surface area (Å²) >= 11 is 0. The molecule has 0 saturated heterocycles. The summed E-state index contributed by atoms with van der Waals surface area (Å²) < 4.78 is 7.49. The fourth-order valence-corrected chi connectivity index (χ4v) is 2.32. The molecule has 1 aromatic carbocycles. The molecule has 0 spiro atoms. The van der Waals surface area contributed by atoms with E-state index in [9.17, 15) is 0 Å². The van der Waals surface area contributed by atoms with Crippen LogP contribution in [0.2, 0.25) is 0 Å². The fraction of sp³-hybridized carbons (Fsp3) is 0.500. The molecule has 1 N–H and O–H groups in total. The van der Waals surface area contributed by atoms with E-state index in [2.05, 4.69) is 43.2 Å². The molecule has 0 saturated carbocycles. The smallest absolute Gasteiger partial charge is 0.119 e. The second-order valence-electron chi connectivity index (χ2n) is 5.47. The van der Waals surface area contributed by atoms with Crippen LogP contribution in [-0.2, 0) is 13.0 Å². The third-order valence-corrected chi connectivity index (χ3v) is 3.41. The molecule has 0 bridgehead atoms. The van der Waals surface area contributed by atoms with Gasteiger partial charge in [0.05, 0.1) is 12.2 Å². The van der Waals surface area contributed by atoms with Crippen molar-refractivity contribution in [3.05, 3.63) is 41.2 Å². The predicted octanol–water partition coefficient (Wildman–Crippen LogP) is 2.32. The Hall–Kier alpha value is -1.88. The Morgan fingerprint density at radius 1 is 1.33 bits per heavy atom. The van der Waals surface area contributed by atoms with Gasteiger partial charge in [-0.1, -0.05) is 25.1 Å². The van der Waals surface area contributed by atoms with E-state index in [4.69, 9.17) is 9.84 Å². The lowest BCUT2D eigenvalue weighted by molar-refractivity contribution is 0.289. The standard InChI is InChI=1S/C16H23N3O2/c1-12(2)16-5-4-15(10-13(16)3)21-9-7-19-11-14(6-8-20)17-18-19/h4-5,10-12,20H,6-9H2,1-3H3. The number of nitrogens with zero attached hydrogens (tertiary/aromatic N) is 3. The van der Waals surface area contributed by atoms with Crippen LogP contribution < -0.4 is 4.74 Å². The molecule has 21 heavy (non-hydrogen) atoms. The van der Waals surface area contributed by atoms with Crippen LogP contribution in [0.5, 0.6) is 5.75 Å². The SMILES string of the molecule is Cc1cc(OCCn2cc(CCO)nn2)ccc1C(C)C. The van der Waals surface area contributed by atoms with Crippen molar-refractivity contribution in [1.29, 1.82) is 0 Å². The number of aliphatic hydroxyl groups excluding tert-OH is 1. The topological polar surface area (TPSA) is 60.2 Å². The van der Waals surface area contributed by atoms with Gasteiger partial charge in [-0.05, 0) is 36.1 Å². The Morgan fingerprint density at radius 2 is 2.14 bits per heavy atom. The van der Waals surface area contributed by atoms with Crippen molar-refractivity contribution < 1.29 is 9.84 Å². The van der Waals surface area contributed by atoms with Crippen LogP contribution in [0.25, 0.3) is 0 Å². The van der Waals surface area contributed by atoms with E-state index in [1.807, 2.05) is 12.3 Å². The zero-order valence-electron chi connectivity index (χ0n) is 12.9. The zero-order chi connectivity index (χ0) is 15.2. The lowest BCUT2D eigenvalue weighted by atomic mass is 9.98. The van der Waals surface area contributed by atoms with Crippen LogP contribution in [0.15, 0.2) is 24.4 Å². The van der Waals surface area contributed by atoms with Gasteiger partial charge in [0.25, 0.3) is 0 Å². The van der Waals surface area contributed by atoms with Crippen LogP contribution >= 0.6 is 0 Å². The minimum absolute atomic E-state index is 0.0939. The molecule has 5 heteroatoms. The Labute approximate surface area is 125 Å². The monoisotopic (exact) mass is 289 g/mol. The first kappa shape index (κ1) is 15.5. The highest BCUT2D eigenvalue weighted by atomic mass is 16.5. The number of aliphatic hydroxyl groups is 1. The fourth-order valence-electron chi connectivity index (χ4n) is 2.32. The molecule has 0 atom stereocenters. The van der Waals surface area contributed by atoms with Gasteiger partial charge in [-0.2, -0.15) is 0 Å². The van der Waals surface area contributed by atoms with Gasteiger partial charge in [0.15, 0.2) is 0 Å². The van der Waals surface area contributed by atoms with Crippen molar-refractivity contribution in [2.24, 2.45) is 0 Å². The number of aryl methyl sites for hydroxylation is 1. The van der Waals surface area contributed by atoms with Gasteiger partial charge in [0.2, 0.25) is 0 Å². The molecule has 1 aromatic heterocycles. The summed E-state index contributed by atoms with van der Waals surface area (Å²) in [6, 6.07) is 6.22. The molecule has 5 nitrogen and oxygen atoms in total. The maximum atomic E-state index is 8.84. The van der Waals surface area contributed by atoms with E-state index < -0.39 is 0 Å². The van der Waals surface area contributed by atoms with Gasteiger partial charge in [-0.25, -0.2) is 4.68 Å². The van der Waals surface area contributed by atoms with Gasteiger partial charge < -0.3 is 9.84 Å². The van der Waals surface area contributed by atoms with Gasteiger partial charge in [0, 0.05) is 19.2 Å². The first-order valence-corrected chi connectivity index (χ1v) is 7.33. The number of aromatic nitrogens is 3.